The number of fused-ring (bicyclic) bond motifs is 1. The number of nitrogens with one attached hydrogen (secondary N) is 1. The number of carbonyl (C=O) groups is 2. The van der Waals surface area contributed by atoms with Crippen LogP contribution >= 0.6 is 15.9 Å². The van der Waals surface area contributed by atoms with E-state index in [2.05, 4.69) is 21.2 Å². The highest BCUT2D eigenvalue weighted by atomic mass is 79.9. The van der Waals surface area contributed by atoms with Gasteiger partial charge >= 0.3 is 0 Å². The second-order valence-electron chi connectivity index (χ2n) is 10.4. The summed E-state index contributed by atoms with van der Waals surface area (Å²) < 4.78 is 29.7. The second kappa shape index (κ2) is 11.2. The summed E-state index contributed by atoms with van der Waals surface area (Å²) in [5, 5.41) is 2.98. The molecule has 2 aliphatic rings. The second-order valence-corrected chi connectivity index (χ2v) is 13.2. The first-order chi connectivity index (χ1) is 18.6. The normalized spacial score (nSPS) is 20.3. The summed E-state index contributed by atoms with van der Waals surface area (Å²) in [4.78, 5) is 29.0. The SMILES string of the molecule is Cc1ccc(S(=O)(=O)N2Cc3ccccc3CC(C(=O)NC3CCCN(c4ccc(Br)c(C)c4)C3=O)C2)cc1. The van der Waals surface area contributed by atoms with Gasteiger partial charge in [-0.3, -0.25) is 9.59 Å². The number of hydrogen-bond acceptors (Lipinski definition) is 4. The van der Waals surface area contributed by atoms with Crippen molar-refractivity contribution in [3.05, 3.63) is 93.5 Å². The van der Waals surface area contributed by atoms with E-state index in [0.29, 0.717) is 19.4 Å². The fourth-order valence-electron chi connectivity index (χ4n) is 5.31. The maximum atomic E-state index is 13.7. The number of halogens is 1. The van der Waals surface area contributed by atoms with Crippen molar-refractivity contribution in [2.24, 2.45) is 5.92 Å². The minimum Gasteiger partial charge on any atom is -0.344 e. The Hall–Kier alpha value is -3.01. The number of piperidine rings is 1. The van der Waals surface area contributed by atoms with E-state index in [1.807, 2.05) is 56.3 Å². The molecule has 1 saturated heterocycles. The van der Waals surface area contributed by atoms with E-state index in [-0.39, 0.29) is 29.8 Å². The van der Waals surface area contributed by atoms with Crippen molar-refractivity contribution in [2.75, 3.05) is 18.0 Å². The third-order valence-corrected chi connectivity index (χ3v) is 10.3. The van der Waals surface area contributed by atoms with E-state index < -0.39 is 22.0 Å². The van der Waals surface area contributed by atoms with Crippen LogP contribution in [0.5, 0.6) is 0 Å². The van der Waals surface area contributed by atoms with E-state index in [1.54, 1.807) is 29.2 Å². The Kier molecular flexibility index (Phi) is 7.94. The lowest BCUT2D eigenvalue weighted by Crippen LogP contribution is -2.54. The Labute approximate surface area is 238 Å². The van der Waals surface area contributed by atoms with Gasteiger partial charge in [-0.15, -0.1) is 0 Å². The third kappa shape index (κ3) is 5.81. The van der Waals surface area contributed by atoms with Crippen molar-refractivity contribution < 1.29 is 18.0 Å². The molecule has 0 aromatic heterocycles. The number of sulfonamides is 1. The van der Waals surface area contributed by atoms with Crippen LogP contribution in [0.3, 0.4) is 0 Å². The van der Waals surface area contributed by atoms with E-state index in [4.69, 9.17) is 0 Å². The molecular weight excluding hydrogens is 578 g/mol. The molecule has 2 heterocycles. The maximum Gasteiger partial charge on any atom is 0.249 e. The van der Waals surface area contributed by atoms with Gasteiger partial charge in [-0.2, -0.15) is 4.31 Å². The minimum absolute atomic E-state index is 0.0350. The maximum absolute atomic E-state index is 13.7. The number of hydrogen-bond donors (Lipinski definition) is 1. The predicted molar refractivity (Wildman–Crippen MR) is 155 cm³/mol. The van der Waals surface area contributed by atoms with Gasteiger partial charge < -0.3 is 10.2 Å². The molecule has 5 rings (SSSR count). The molecule has 0 bridgehead atoms. The molecular formula is C30H32BrN3O4S. The molecule has 0 spiro atoms. The van der Waals surface area contributed by atoms with Gasteiger partial charge in [0.05, 0.1) is 10.8 Å². The van der Waals surface area contributed by atoms with Crippen molar-refractivity contribution in [1.29, 1.82) is 0 Å². The lowest BCUT2D eigenvalue weighted by atomic mass is 9.95. The quantitative estimate of drug-likeness (QED) is 0.453. The Morgan fingerprint density at radius 2 is 1.72 bits per heavy atom. The average Bonchev–Trinajstić information content (AvgIpc) is 3.12. The van der Waals surface area contributed by atoms with Gasteiger partial charge in [0.25, 0.3) is 0 Å². The Balaban J connectivity index is 1.38. The molecule has 3 aromatic carbocycles. The molecule has 2 amide bonds. The third-order valence-electron chi connectivity index (χ3n) is 7.59. The number of benzene rings is 3. The van der Waals surface area contributed by atoms with E-state index in [0.717, 1.165) is 38.8 Å². The zero-order valence-electron chi connectivity index (χ0n) is 22.1. The highest BCUT2D eigenvalue weighted by Gasteiger charge is 2.37. The predicted octanol–water partition coefficient (Wildman–Crippen LogP) is 4.74. The van der Waals surface area contributed by atoms with Crippen LogP contribution in [-0.4, -0.2) is 43.7 Å². The molecule has 3 aromatic rings. The average molecular weight is 611 g/mol. The van der Waals surface area contributed by atoms with Gasteiger partial charge in [-0.1, -0.05) is 57.9 Å². The minimum atomic E-state index is -3.83. The molecule has 39 heavy (non-hydrogen) atoms. The van der Waals surface area contributed by atoms with Crippen LogP contribution in [0.4, 0.5) is 5.69 Å². The first kappa shape index (κ1) is 27.6. The Bertz CT molecular complexity index is 1510. The first-order valence-electron chi connectivity index (χ1n) is 13.1. The highest BCUT2D eigenvalue weighted by molar-refractivity contribution is 9.10. The molecule has 1 fully saturated rings. The van der Waals surface area contributed by atoms with Gasteiger partial charge in [0.15, 0.2) is 0 Å². The molecule has 0 aliphatic carbocycles. The van der Waals surface area contributed by atoms with Gasteiger partial charge in [-0.25, -0.2) is 8.42 Å². The molecule has 0 radical (unpaired) electrons. The summed E-state index contributed by atoms with van der Waals surface area (Å²) in [6.45, 7) is 4.69. The van der Waals surface area contributed by atoms with E-state index >= 15 is 0 Å². The Morgan fingerprint density at radius 3 is 2.44 bits per heavy atom. The van der Waals surface area contributed by atoms with Gasteiger partial charge in [0.1, 0.15) is 6.04 Å². The standard InChI is InChI=1S/C30H32BrN3O4S/c1-20-9-12-26(13-10-20)39(37,38)33-18-23-7-4-3-6-22(23)17-24(19-33)29(35)32-28-8-5-15-34(30(28)36)25-11-14-27(31)21(2)16-25/h3-4,6-7,9-14,16,24,28H,5,8,15,17-19H2,1-2H3,(H,32,35). The van der Waals surface area contributed by atoms with Crippen molar-refractivity contribution in [3.63, 3.8) is 0 Å². The van der Waals surface area contributed by atoms with Crippen LogP contribution in [0.25, 0.3) is 0 Å². The molecule has 1 N–H and O–H groups in total. The lowest BCUT2D eigenvalue weighted by molar-refractivity contribution is -0.131. The summed E-state index contributed by atoms with van der Waals surface area (Å²) in [5.41, 5.74) is 4.63. The van der Waals surface area contributed by atoms with Crippen LogP contribution < -0.4 is 10.2 Å². The number of amides is 2. The zero-order chi connectivity index (χ0) is 27.7. The highest BCUT2D eigenvalue weighted by Crippen LogP contribution is 2.29. The summed E-state index contributed by atoms with van der Waals surface area (Å²) in [6, 6.07) is 19.5. The van der Waals surface area contributed by atoms with Crippen LogP contribution in [-0.2, 0) is 32.6 Å². The zero-order valence-corrected chi connectivity index (χ0v) is 24.5. The largest absolute Gasteiger partial charge is 0.344 e. The molecule has 2 aliphatic heterocycles. The number of nitrogens with zero attached hydrogens (tertiary/aromatic N) is 2. The smallest absolute Gasteiger partial charge is 0.249 e. The fraction of sp³-hybridized carbons (Fsp3) is 0.333. The number of rotatable bonds is 5. The molecule has 9 heteroatoms. The first-order valence-corrected chi connectivity index (χ1v) is 15.4. The van der Waals surface area contributed by atoms with Crippen LogP contribution in [0.2, 0.25) is 0 Å². The van der Waals surface area contributed by atoms with Crippen molar-refractivity contribution in [3.8, 4) is 0 Å². The van der Waals surface area contributed by atoms with E-state index in [9.17, 15) is 18.0 Å². The molecule has 204 valence electrons. The monoisotopic (exact) mass is 609 g/mol. The molecule has 2 atom stereocenters. The van der Waals surface area contributed by atoms with Gasteiger partial charge in [0, 0.05) is 29.8 Å². The van der Waals surface area contributed by atoms with Crippen molar-refractivity contribution in [1.82, 2.24) is 9.62 Å². The molecule has 7 nitrogen and oxygen atoms in total. The summed E-state index contributed by atoms with van der Waals surface area (Å²) >= 11 is 3.50. The fourth-order valence-corrected chi connectivity index (χ4v) is 7.02. The van der Waals surface area contributed by atoms with Crippen molar-refractivity contribution in [2.45, 2.75) is 50.6 Å². The Morgan fingerprint density at radius 1 is 1.00 bits per heavy atom. The molecule has 2 unspecified atom stereocenters. The summed E-state index contributed by atoms with van der Waals surface area (Å²) in [6.07, 6.45) is 1.71. The summed E-state index contributed by atoms with van der Waals surface area (Å²) in [7, 11) is -3.83. The number of anilines is 1. The topological polar surface area (TPSA) is 86.8 Å². The van der Waals surface area contributed by atoms with Crippen LogP contribution in [0, 0.1) is 19.8 Å². The van der Waals surface area contributed by atoms with Crippen LogP contribution in [0.15, 0.2) is 76.1 Å². The van der Waals surface area contributed by atoms with Gasteiger partial charge in [0.2, 0.25) is 21.8 Å². The number of aryl methyl sites for hydroxylation is 2. The molecule has 0 saturated carbocycles. The summed E-state index contributed by atoms with van der Waals surface area (Å²) in [5.74, 6) is -1.08. The van der Waals surface area contributed by atoms with E-state index in [1.165, 1.54) is 4.31 Å². The van der Waals surface area contributed by atoms with Crippen molar-refractivity contribution >= 4 is 43.5 Å². The lowest BCUT2D eigenvalue weighted by Gasteiger charge is -2.34. The van der Waals surface area contributed by atoms with Gasteiger partial charge in [-0.05, 0) is 80.1 Å². The van der Waals surface area contributed by atoms with Crippen LogP contribution in [0.1, 0.15) is 35.1 Å². The number of carbonyl (C=O) groups excluding carboxylic acids is 2.